The van der Waals surface area contributed by atoms with Crippen LogP contribution >= 0.6 is 11.3 Å². The van der Waals surface area contributed by atoms with Crippen LogP contribution in [0.4, 0.5) is 5.13 Å². The minimum atomic E-state index is -0.0859. The summed E-state index contributed by atoms with van der Waals surface area (Å²) in [4.78, 5) is 12.9. The second-order valence-electron chi connectivity index (χ2n) is 6.17. The van der Waals surface area contributed by atoms with Gasteiger partial charge in [0.15, 0.2) is 0 Å². The zero-order valence-electron chi connectivity index (χ0n) is 13.5. The van der Waals surface area contributed by atoms with Crippen LogP contribution in [0.5, 0.6) is 0 Å². The largest absolute Gasteiger partial charge is 0.300 e. The molecule has 1 unspecified atom stereocenters. The molecule has 1 saturated carbocycles. The van der Waals surface area contributed by atoms with Crippen LogP contribution in [-0.2, 0) is 11.2 Å². The minimum absolute atomic E-state index is 0.0577. The maximum Gasteiger partial charge on any atom is 0.234 e. The highest BCUT2D eigenvalue weighted by molar-refractivity contribution is 7.15. The van der Waals surface area contributed by atoms with Crippen molar-refractivity contribution in [3.8, 4) is 0 Å². The van der Waals surface area contributed by atoms with Crippen LogP contribution in [-0.4, -0.2) is 16.1 Å². The first-order valence-corrected chi connectivity index (χ1v) is 9.27. The molecule has 0 spiro atoms. The molecule has 1 aliphatic carbocycles. The molecule has 5 heteroatoms. The molecule has 0 radical (unpaired) electrons. The van der Waals surface area contributed by atoms with Crippen molar-refractivity contribution in [1.29, 1.82) is 0 Å². The first-order chi connectivity index (χ1) is 11.3. The molecule has 1 aromatic heterocycles. The van der Waals surface area contributed by atoms with Crippen molar-refractivity contribution in [3.05, 3.63) is 40.9 Å². The highest BCUT2D eigenvalue weighted by atomic mass is 32.1. The Labute approximate surface area is 141 Å². The average molecular weight is 329 g/mol. The fourth-order valence-electron chi connectivity index (χ4n) is 3.39. The lowest BCUT2D eigenvalue weighted by Gasteiger charge is -2.22. The number of hydrogen-bond acceptors (Lipinski definition) is 4. The molecule has 1 heterocycles. The zero-order chi connectivity index (χ0) is 16.1. The Kier molecular flexibility index (Phi) is 5.39. The van der Waals surface area contributed by atoms with Gasteiger partial charge in [0, 0.05) is 6.42 Å². The van der Waals surface area contributed by atoms with Gasteiger partial charge < -0.3 is 0 Å². The number of anilines is 1. The number of aromatic nitrogens is 2. The fraction of sp³-hybridized carbons (Fsp3) is 0.500. The number of benzene rings is 1. The van der Waals surface area contributed by atoms with Crippen molar-refractivity contribution in [2.24, 2.45) is 5.92 Å². The Balaban J connectivity index is 1.76. The molecule has 1 aliphatic rings. The highest BCUT2D eigenvalue weighted by Gasteiger charge is 2.32. The van der Waals surface area contributed by atoms with E-state index in [2.05, 4.69) is 34.6 Å². The van der Waals surface area contributed by atoms with Crippen LogP contribution in [0.25, 0.3) is 0 Å². The van der Waals surface area contributed by atoms with E-state index in [-0.39, 0.29) is 11.8 Å². The summed E-state index contributed by atoms with van der Waals surface area (Å²) in [5.41, 5.74) is 1.11. The van der Waals surface area contributed by atoms with Crippen molar-refractivity contribution in [3.63, 3.8) is 0 Å². The SMILES string of the molecule is CCCc1nnc(NC(=O)C(c2ccccc2)C2CCCC2)s1. The van der Waals surface area contributed by atoms with E-state index in [0.717, 1.165) is 36.3 Å². The molecule has 23 heavy (non-hydrogen) atoms. The molecule has 3 rings (SSSR count). The molecule has 122 valence electrons. The van der Waals surface area contributed by atoms with Crippen molar-refractivity contribution in [2.45, 2.75) is 51.4 Å². The lowest BCUT2D eigenvalue weighted by molar-refractivity contribution is -0.118. The number of amides is 1. The molecule has 1 atom stereocenters. The molecule has 4 nitrogen and oxygen atoms in total. The van der Waals surface area contributed by atoms with Crippen LogP contribution in [0.15, 0.2) is 30.3 Å². The molecule has 0 saturated heterocycles. The van der Waals surface area contributed by atoms with Crippen molar-refractivity contribution < 1.29 is 4.79 Å². The van der Waals surface area contributed by atoms with Crippen molar-refractivity contribution in [2.75, 3.05) is 5.32 Å². The molecule has 1 N–H and O–H groups in total. The van der Waals surface area contributed by atoms with Crippen LogP contribution in [0.1, 0.15) is 55.5 Å². The maximum atomic E-state index is 12.9. The molecule has 0 aliphatic heterocycles. The number of rotatable bonds is 6. The summed E-state index contributed by atoms with van der Waals surface area (Å²) < 4.78 is 0. The number of nitrogens with zero attached hydrogens (tertiary/aromatic N) is 2. The summed E-state index contributed by atoms with van der Waals surface area (Å²) in [6.45, 7) is 2.12. The Morgan fingerprint density at radius 3 is 2.70 bits per heavy atom. The molecular weight excluding hydrogens is 306 g/mol. The summed E-state index contributed by atoms with van der Waals surface area (Å²) in [6.07, 6.45) is 6.66. The third-order valence-corrected chi connectivity index (χ3v) is 5.37. The lowest BCUT2D eigenvalue weighted by Crippen LogP contribution is -2.26. The fourth-order valence-corrected chi connectivity index (χ4v) is 4.24. The summed E-state index contributed by atoms with van der Waals surface area (Å²) >= 11 is 1.49. The van der Waals surface area contributed by atoms with Gasteiger partial charge in [0.1, 0.15) is 5.01 Å². The summed E-state index contributed by atoms with van der Waals surface area (Å²) in [6, 6.07) is 10.1. The number of carbonyl (C=O) groups excluding carboxylic acids is 1. The van der Waals surface area contributed by atoms with Gasteiger partial charge in [-0.1, -0.05) is 61.4 Å². The first kappa shape index (κ1) is 16.1. The Hall–Kier alpha value is -1.75. The van der Waals surface area contributed by atoms with Crippen LogP contribution < -0.4 is 5.32 Å². The van der Waals surface area contributed by atoms with Gasteiger partial charge in [0.05, 0.1) is 5.92 Å². The van der Waals surface area contributed by atoms with Crippen molar-refractivity contribution in [1.82, 2.24) is 10.2 Å². The maximum absolute atomic E-state index is 12.9. The number of aryl methyl sites for hydroxylation is 1. The van der Waals surface area contributed by atoms with Gasteiger partial charge >= 0.3 is 0 Å². The summed E-state index contributed by atoms with van der Waals surface area (Å²) in [7, 11) is 0. The van der Waals surface area contributed by atoms with E-state index in [1.54, 1.807) is 0 Å². The van der Waals surface area contributed by atoms with E-state index < -0.39 is 0 Å². The Morgan fingerprint density at radius 2 is 2.00 bits per heavy atom. The molecular formula is C18H23N3OS. The van der Waals surface area contributed by atoms with Crippen molar-refractivity contribution >= 4 is 22.4 Å². The lowest BCUT2D eigenvalue weighted by atomic mass is 9.84. The van der Waals surface area contributed by atoms with Gasteiger partial charge in [-0.2, -0.15) is 0 Å². The number of carbonyl (C=O) groups is 1. The molecule has 1 amide bonds. The Bertz CT molecular complexity index is 635. The van der Waals surface area contributed by atoms with Crippen LogP contribution in [0, 0.1) is 5.92 Å². The van der Waals surface area contributed by atoms with E-state index >= 15 is 0 Å². The molecule has 1 aromatic carbocycles. The average Bonchev–Trinajstić information content (AvgIpc) is 3.22. The number of hydrogen-bond donors (Lipinski definition) is 1. The van der Waals surface area contributed by atoms with Crippen LogP contribution in [0.3, 0.4) is 0 Å². The first-order valence-electron chi connectivity index (χ1n) is 8.46. The molecule has 1 fully saturated rings. The molecule has 2 aromatic rings. The van der Waals surface area contributed by atoms with E-state index in [0.29, 0.717) is 11.0 Å². The summed E-state index contributed by atoms with van der Waals surface area (Å²) in [5.74, 6) is 0.403. The monoisotopic (exact) mass is 329 g/mol. The second-order valence-corrected chi connectivity index (χ2v) is 7.24. The zero-order valence-corrected chi connectivity index (χ0v) is 14.3. The van der Waals surface area contributed by atoms with E-state index in [1.165, 1.54) is 24.2 Å². The van der Waals surface area contributed by atoms with Gasteiger partial charge in [-0.3, -0.25) is 10.1 Å². The third-order valence-electron chi connectivity index (χ3n) is 4.47. The summed E-state index contributed by atoms with van der Waals surface area (Å²) in [5, 5.41) is 12.9. The van der Waals surface area contributed by atoms with E-state index in [4.69, 9.17) is 0 Å². The standard InChI is InChI=1S/C18H23N3OS/c1-2-8-15-20-21-18(23-15)19-17(22)16(14-11-6-7-12-14)13-9-4-3-5-10-13/h3-5,9-10,14,16H,2,6-8,11-12H2,1H3,(H,19,21,22). The number of nitrogens with one attached hydrogen (secondary N) is 1. The smallest absolute Gasteiger partial charge is 0.234 e. The van der Waals surface area contributed by atoms with Gasteiger partial charge in [-0.25, -0.2) is 0 Å². The van der Waals surface area contributed by atoms with Gasteiger partial charge in [-0.05, 0) is 30.7 Å². The van der Waals surface area contributed by atoms with Gasteiger partial charge in [0.2, 0.25) is 11.0 Å². The van der Waals surface area contributed by atoms with Crippen LogP contribution in [0.2, 0.25) is 0 Å². The highest BCUT2D eigenvalue weighted by Crippen LogP contribution is 2.38. The third kappa shape index (κ3) is 3.96. The topological polar surface area (TPSA) is 54.9 Å². The van der Waals surface area contributed by atoms with Gasteiger partial charge in [-0.15, -0.1) is 10.2 Å². The predicted molar refractivity (Wildman–Crippen MR) is 93.7 cm³/mol. The van der Waals surface area contributed by atoms with Gasteiger partial charge in [0.25, 0.3) is 0 Å². The minimum Gasteiger partial charge on any atom is -0.300 e. The molecule has 0 bridgehead atoms. The Morgan fingerprint density at radius 1 is 1.26 bits per heavy atom. The second kappa shape index (κ2) is 7.68. The quantitative estimate of drug-likeness (QED) is 0.854. The van der Waals surface area contributed by atoms with E-state index in [1.807, 2.05) is 18.2 Å². The normalized spacial score (nSPS) is 16.4. The van der Waals surface area contributed by atoms with E-state index in [9.17, 15) is 4.79 Å². The predicted octanol–water partition coefficient (Wildman–Crippen LogP) is 4.40.